The van der Waals surface area contributed by atoms with E-state index in [0.29, 0.717) is 6.04 Å². The molecule has 0 saturated carbocycles. The van der Waals surface area contributed by atoms with Crippen LogP contribution in [0.25, 0.3) is 0 Å². The zero-order valence-electron chi connectivity index (χ0n) is 9.89. The molecule has 0 aromatic rings. The molecule has 14 heavy (non-hydrogen) atoms. The summed E-state index contributed by atoms with van der Waals surface area (Å²) >= 11 is 5.15. The number of hydrogen-bond donors (Lipinski definition) is 2. The highest BCUT2D eigenvalue weighted by molar-refractivity contribution is 7.80. The van der Waals surface area contributed by atoms with Crippen molar-refractivity contribution in [1.29, 1.82) is 0 Å². The van der Waals surface area contributed by atoms with Crippen LogP contribution in [0.3, 0.4) is 0 Å². The van der Waals surface area contributed by atoms with Gasteiger partial charge in [0.15, 0.2) is 5.11 Å². The van der Waals surface area contributed by atoms with Crippen LogP contribution >= 0.6 is 12.2 Å². The first kappa shape index (κ1) is 13.7. The van der Waals surface area contributed by atoms with Crippen LogP contribution in [-0.4, -0.2) is 17.7 Å². The van der Waals surface area contributed by atoms with Crippen molar-refractivity contribution in [2.45, 2.75) is 53.0 Å². The van der Waals surface area contributed by atoms with Gasteiger partial charge in [-0.15, -0.1) is 0 Å². The van der Waals surface area contributed by atoms with E-state index in [2.05, 4.69) is 38.3 Å². The molecule has 84 valence electrons. The molecule has 3 heteroatoms. The average molecular weight is 216 g/mol. The van der Waals surface area contributed by atoms with Crippen molar-refractivity contribution >= 4 is 17.3 Å². The van der Waals surface area contributed by atoms with Crippen LogP contribution in [-0.2, 0) is 0 Å². The Labute approximate surface area is 93.8 Å². The lowest BCUT2D eigenvalue weighted by atomic mass is 10.0. The number of thiocarbonyl (C=S) groups is 1. The summed E-state index contributed by atoms with van der Waals surface area (Å²) in [7, 11) is 0. The Bertz CT molecular complexity index is 157. The van der Waals surface area contributed by atoms with E-state index in [0.717, 1.165) is 24.0 Å². The average Bonchev–Trinajstić information content (AvgIpc) is 2.11. The van der Waals surface area contributed by atoms with Gasteiger partial charge in [0.1, 0.15) is 0 Å². The summed E-state index contributed by atoms with van der Waals surface area (Å²) in [5, 5.41) is 7.26. The van der Waals surface area contributed by atoms with E-state index in [1.54, 1.807) is 0 Å². The Hall–Kier alpha value is -0.310. The molecule has 2 N–H and O–H groups in total. The van der Waals surface area contributed by atoms with E-state index >= 15 is 0 Å². The summed E-state index contributed by atoms with van der Waals surface area (Å²) in [6, 6.07) is 0.481. The quantitative estimate of drug-likeness (QED) is 0.668. The maximum Gasteiger partial charge on any atom is 0.166 e. The van der Waals surface area contributed by atoms with Gasteiger partial charge in [-0.25, -0.2) is 0 Å². The summed E-state index contributed by atoms with van der Waals surface area (Å²) in [5.41, 5.74) is 0. The van der Waals surface area contributed by atoms with E-state index in [-0.39, 0.29) is 0 Å². The molecule has 0 amide bonds. The summed E-state index contributed by atoms with van der Waals surface area (Å²) in [5.74, 6) is 0.774. The molecule has 0 aliphatic rings. The van der Waals surface area contributed by atoms with Gasteiger partial charge < -0.3 is 10.6 Å². The molecule has 0 spiro atoms. The van der Waals surface area contributed by atoms with Crippen LogP contribution in [0, 0.1) is 5.92 Å². The van der Waals surface area contributed by atoms with Gasteiger partial charge in [-0.2, -0.15) is 0 Å². The second-order valence-corrected chi connectivity index (χ2v) is 4.68. The van der Waals surface area contributed by atoms with Crippen LogP contribution in [0.2, 0.25) is 0 Å². The highest BCUT2D eigenvalue weighted by atomic mass is 32.1. The third kappa shape index (κ3) is 8.30. The molecule has 0 saturated heterocycles. The highest BCUT2D eigenvalue weighted by Gasteiger charge is 2.04. The summed E-state index contributed by atoms with van der Waals surface area (Å²) in [6.45, 7) is 9.78. The Kier molecular flexibility index (Phi) is 7.86. The van der Waals surface area contributed by atoms with Crippen molar-refractivity contribution in [3.63, 3.8) is 0 Å². The number of hydrogen-bond acceptors (Lipinski definition) is 1. The molecular weight excluding hydrogens is 192 g/mol. The lowest BCUT2D eigenvalue weighted by Gasteiger charge is -2.17. The summed E-state index contributed by atoms with van der Waals surface area (Å²) < 4.78 is 0. The molecule has 0 rings (SSSR count). The minimum atomic E-state index is 0.481. The molecule has 0 radical (unpaired) electrons. The van der Waals surface area contributed by atoms with Gasteiger partial charge >= 0.3 is 0 Å². The SMILES string of the molecule is CCCNC(=S)NC(C)CCC(C)C. The van der Waals surface area contributed by atoms with E-state index in [9.17, 15) is 0 Å². The Balaban J connectivity index is 3.50. The molecule has 0 aliphatic carbocycles. The fourth-order valence-electron chi connectivity index (χ4n) is 1.17. The third-order valence-electron chi connectivity index (χ3n) is 2.09. The third-order valence-corrected chi connectivity index (χ3v) is 2.35. The van der Waals surface area contributed by atoms with Gasteiger partial charge in [0.2, 0.25) is 0 Å². The Morgan fingerprint density at radius 2 is 1.86 bits per heavy atom. The van der Waals surface area contributed by atoms with Crippen LogP contribution in [0.1, 0.15) is 47.0 Å². The second-order valence-electron chi connectivity index (χ2n) is 4.27. The predicted octanol–water partition coefficient (Wildman–Crippen LogP) is 2.69. The topological polar surface area (TPSA) is 24.1 Å². The maximum atomic E-state index is 5.15. The molecule has 0 fully saturated rings. The van der Waals surface area contributed by atoms with Gasteiger partial charge in [0.25, 0.3) is 0 Å². The molecule has 0 heterocycles. The fraction of sp³-hybridized carbons (Fsp3) is 0.909. The van der Waals surface area contributed by atoms with Crippen LogP contribution < -0.4 is 10.6 Å². The molecule has 2 nitrogen and oxygen atoms in total. The Morgan fingerprint density at radius 3 is 2.36 bits per heavy atom. The van der Waals surface area contributed by atoms with Crippen LogP contribution in [0.15, 0.2) is 0 Å². The molecule has 0 aromatic carbocycles. The van der Waals surface area contributed by atoms with E-state index in [1.165, 1.54) is 12.8 Å². The molecular formula is C11H24N2S. The van der Waals surface area contributed by atoms with E-state index in [4.69, 9.17) is 12.2 Å². The summed E-state index contributed by atoms with van der Waals surface area (Å²) in [6.07, 6.45) is 3.55. The number of rotatable bonds is 6. The fourth-order valence-corrected chi connectivity index (χ4v) is 1.47. The highest BCUT2D eigenvalue weighted by Crippen LogP contribution is 2.05. The van der Waals surface area contributed by atoms with Crippen molar-refractivity contribution < 1.29 is 0 Å². The molecule has 0 aromatic heterocycles. The zero-order valence-corrected chi connectivity index (χ0v) is 10.7. The largest absolute Gasteiger partial charge is 0.363 e. The second kappa shape index (κ2) is 8.04. The first-order chi connectivity index (χ1) is 6.56. The van der Waals surface area contributed by atoms with E-state index in [1.807, 2.05) is 0 Å². The zero-order chi connectivity index (χ0) is 11.0. The molecule has 1 unspecified atom stereocenters. The smallest absolute Gasteiger partial charge is 0.166 e. The predicted molar refractivity (Wildman–Crippen MR) is 67.6 cm³/mol. The number of nitrogens with one attached hydrogen (secondary N) is 2. The van der Waals surface area contributed by atoms with E-state index < -0.39 is 0 Å². The molecule has 1 atom stereocenters. The standard InChI is InChI=1S/C11H24N2S/c1-5-8-12-11(14)13-10(4)7-6-9(2)3/h9-10H,5-8H2,1-4H3,(H2,12,13,14). The monoisotopic (exact) mass is 216 g/mol. The van der Waals surface area contributed by atoms with Crippen molar-refractivity contribution in [2.24, 2.45) is 5.92 Å². The Morgan fingerprint density at radius 1 is 1.21 bits per heavy atom. The lowest BCUT2D eigenvalue weighted by Crippen LogP contribution is -2.40. The first-order valence-electron chi connectivity index (χ1n) is 5.60. The first-order valence-corrected chi connectivity index (χ1v) is 6.01. The van der Waals surface area contributed by atoms with Crippen LogP contribution in [0.4, 0.5) is 0 Å². The molecule has 0 bridgehead atoms. The van der Waals surface area contributed by atoms with Gasteiger partial charge in [-0.05, 0) is 44.3 Å². The van der Waals surface area contributed by atoms with Gasteiger partial charge in [-0.1, -0.05) is 20.8 Å². The van der Waals surface area contributed by atoms with Crippen molar-refractivity contribution in [3.05, 3.63) is 0 Å². The van der Waals surface area contributed by atoms with Crippen molar-refractivity contribution in [3.8, 4) is 0 Å². The normalized spacial score (nSPS) is 12.6. The van der Waals surface area contributed by atoms with Crippen LogP contribution in [0.5, 0.6) is 0 Å². The van der Waals surface area contributed by atoms with Gasteiger partial charge in [0, 0.05) is 12.6 Å². The van der Waals surface area contributed by atoms with Crippen molar-refractivity contribution in [2.75, 3.05) is 6.54 Å². The lowest BCUT2D eigenvalue weighted by molar-refractivity contribution is 0.491. The minimum absolute atomic E-state index is 0.481. The minimum Gasteiger partial charge on any atom is -0.363 e. The maximum absolute atomic E-state index is 5.15. The molecule has 0 aliphatic heterocycles. The van der Waals surface area contributed by atoms with Gasteiger partial charge in [0.05, 0.1) is 0 Å². The van der Waals surface area contributed by atoms with Gasteiger partial charge in [-0.3, -0.25) is 0 Å². The summed E-state index contributed by atoms with van der Waals surface area (Å²) in [4.78, 5) is 0. The van der Waals surface area contributed by atoms with Crippen molar-refractivity contribution in [1.82, 2.24) is 10.6 Å².